The highest BCUT2D eigenvalue weighted by Crippen LogP contribution is 2.14. The van der Waals surface area contributed by atoms with Crippen molar-refractivity contribution in [2.45, 2.75) is 26.4 Å². The number of carbonyl (C=O) groups excluding carboxylic acids is 1. The Bertz CT molecular complexity index is 1170. The van der Waals surface area contributed by atoms with Gasteiger partial charge in [0.05, 0.1) is 39.1 Å². The molecule has 0 aliphatic rings. The van der Waals surface area contributed by atoms with E-state index in [1.807, 2.05) is 32.0 Å². The highest BCUT2D eigenvalue weighted by molar-refractivity contribution is 5.94. The van der Waals surface area contributed by atoms with Crippen LogP contribution in [0, 0.1) is 11.7 Å². The number of nitrogens with zero attached hydrogens (tertiary/aromatic N) is 3. The second-order valence-corrected chi connectivity index (χ2v) is 9.24. The normalized spacial score (nSPS) is 11.7. The molecule has 2 aromatic carbocycles. The number of aromatic nitrogens is 3. The van der Waals surface area contributed by atoms with E-state index >= 15 is 0 Å². The van der Waals surface area contributed by atoms with E-state index in [1.165, 1.54) is 12.1 Å². The van der Waals surface area contributed by atoms with Crippen LogP contribution in [0.5, 0.6) is 0 Å². The molecule has 0 radical (unpaired) electrons. The molecular weight excluding hydrogens is 517 g/mol. The lowest BCUT2D eigenvalue weighted by atomic mass is 10.1. The molecule has 0 unspecified atom stereocenters. The fourth-order valence-electron chi connectivity index (χ4n) is 3.50. The Morgan fingerprint density at radius 2 is 1.55 bits per heavy atom. The highest BCUT2D eigenvalue weighted by atomic mass is 19.1. The molecule has 216 valence electrons. The van der Waals surface area contributed by atoms with Gasteiger partial charge in [0, 0.05) is 25.2 Å². The summed E-state index contributed by atoms with van der Waals surface area (Å²) in [7, 11) is 0. The Balaban J connectivity index is 1.40. The summed E-state index contributed by atoms with van der Waals surface area (Å²) < 4.78 is 24.6. The van der Waals surface area contributed by atoms with Crippen molar-refractivity contribution < 1.29 is 23.8 Å². The number of ether oxygens (including phenoxy) is 2. The zero-order chi connectivity index (χ0) is 28.6. The summed E-state index contributed by atoms with van der Waals surface area (Å²) >= 11 is 0. The summed E-state index contributed by atoms with van der Waals surface area (Å²) in [5.41, 5.74) is 1.36. The van der Waals surface area contributed by atoms with E-state index in [9.17, 15) is 14.3 Å². The Morgan fingerprint density at radius 3 is 2.23 bits per heavy atom. The minimum atomic E-state index is -0.317. The summed E-state index contributed by atoms with van der Waals surface area (Å²) in [4.78, 5) is 25.2. The molecule has 0 aliphatic heterocycles. The molecule has 1 atom stereocenters. The molecule has 0 spiro atoms. The number of carbonyl (C=O) groups is 1. The van der Waals surface area contributed by atoms with Crippen molar-refractivity contribution in [2.75, 3.05) is 62.1 Å². The molecule has 40 heavy (non-hydrogen) atoms. The standard InChI is InChI=1S/C28H38FN7O4/c1-20(2)24(19-37)33-28-35-26(34-27(36-28)32-18-21-7-6-10-23(29)17-21)31-12-14-40-16-15-39-13-11-30-25(38)22-8-4-3-5-9-22/h3-10,17,20,24,37H,11-16,18-19H2,1-2H3,(H,30,38)(H3,31,32,33,34,35,36)/t24-/m1/s1. The SMILES string of the molecule is CC(C)[C@@H](CO)Nc1nc(NCCOCCOCCNC(=O)c2ccccc2)nc(NCc2cccc(F)c2)n1. The number of halogens is 1. The predicted octanol–water partition coefficient (Wildman–Crippen LogP) is 2.93. The fourth-order valence-corrected chi connectivity index (χ4v) is 3.50. The molecule has 0 saturated carbocycles. The van der Waals surface area contributed by atoms with Gasteiger partial charge in [-0.1, -0.05) is 44.2 Å². The zero-order valence-corrected chi connectivity index (χ0v) is 22.9. The first-order valence-electron chi connectivity index (χ1n) is 13.3. The first-order valence-corrected chi connectivity index (χ1v) is 13.3. The second kappa shape index (κ2) is 17.0. The number of aliphatic hydroxyl groups is 1. The molecule has 11 nitrogen and oxygen atoms in total. The van der Waals surface area contributed by atoms with Crippen molar-refractivity contribution in [3.63, 3.8) is 0 Å². The number of benzene rings is 2. The van der Waals surface area contributed by atoms with E-state index in [4.69, 9.17) is 9.47 Å². The number of amides is 1. The van der Waals surface area contributed by atoms with Crippen molar-refractivity contribution in [2.24, 2.45) is 5.92 Å². The lowest BCUT2D eigenvalue weighted by molar-refractivity contribution is 0.0519. The summed E-state index contributed by atoms with van der Waals surface area (Å²) in [5, 5.41) is 21.8. The van der Waals surface area contributed by atoms with Crippen LogP contribution in [0.2, 0.25) is 0 Å². The summed E-state index contributed by atoms with van der Waals surface area (Å²) in [6.45, 7) is 6.64. The third kappa shape index (κ3) is 11.1. The van der Waals surface area contributed by atoms with Gasteiger partial charge in [-0.25, -0.2) is 4.39 Å². The van der Waals surface area contributed by atoms with Crippen molar-refractivity contribution in [1.29, 1.82) is 0 Å². The Labute approximate surface area is 233 Å². The summed E-state index contributed by atoms with van der Waals surface area (Å²) in [6.07, 6.45) is 0. The zero-order valence-electron chi connectivity index (χ0n) is 22.9. The van der Waals surface area contributed by atoms with E-state index in [1.54, 1.807) is 24.3 Å². The third-order valence-corrected chi connectivity index (χ3v) is 5.76. The maximum atomic E-state index is 13.5. The molecule has 1 aromatic heterocycles. The van der Waals surface area contributed by atoms with Crippen LogP contribution in [0.4, 0.5) is 22.2 Å². The molecule has 0 fully saturated rings. The van der Waals surface area contributed by atoms with Gasteiger partial charge in [-0.2, -0.15) is 15.0 Å². The number of aliphatic hydroxyl groups excluding tert-OH is 1. The topological polar surface area (TPSA) is 143 Å². The van der Waals surface area contributed by atoms with Crippen LogP contribution < -0.4 is 21.3 Å². The maximum Gasteiger partial charge on any atom is 0.251 e. The van der Waals surface area contributed by atoms with Gasteiger partial charge in [-0.15, -0.1) is 0 Å². The molecule has 3 rings (SSSR count). The van der Waals surface area contributed by atoms with Crippen LogP contribution in [-0.2, 0) is 16.0 Å². The summed E-state index contributed by atoms with van der Waals surface area (Å²) in [5.74, 6) is 0.639. The van der Waals surface area contributed by atoms with Crippen LogP contribution in [0.15, 0.2) is 54.6 Å². The van der Waals surface area contributed by atoms with Gasteiger partial charge in [-0.05, 0) is 35.7 Å². The number of nitrogens with one attached hydrogen (secondary N) is 4. The van der Waals surface area contributed by atoms with Gasteiger partial charge in [0.15, 0.2) is 0 Å². The number of hydrogen-bond acceptors (Lipinski definition) is 10. The van der Waals surface area contributed by atoms with Crippen LogP contribution in [0.25, 0.3) is 0 Å². The van der Waals surface area contributed by atoms with Crippen molar-refractivity contribution >= 4 is 23.8 Å². The van der Waals surface area contributed by atoms with Gasteiger partial charge >= 0.3 is 0 Å². The van der Waals surface area contributed by atoms with Crippen molar-refractivity contribution in [3.8, 4) is 0 Å². The third-order valence-electron chi connectivity index (χ3n) is 5.76. The Hall–Kier alpha value is -3.87. The van der Waals surface area contributed by atoms with Gasteiger partial charge in [0.1, 0.15) is 5.82 Å². The fraction of sp³-hybridized carbons (Fsp3) is 0.429. The number of hydrogen-bond donors (Lipinski definition) is 5. The van der Waals surface area contributed by atoms with Crippen molar-refractivity contribution in [1.82, 2.24) is 20.3 Å². The monoisotopic (exact) mass is 555 g/mol. The molecule has 0 saturated heterocycles. The van der Waals surface area contributed by atoms with Crippen LogP contribution >= 0.6 is 0 Å². The van der Waals surface area contributed by atoms with E-state index in [0.29, 0.717) is 69.5 Å². The van der Waals surface area contributed by atoms with Crippen LogP contribution in [-0.4, -0.2) is 78.1 Å². The lowest BCUT2D eigenvalue weighted by Crippen LogP contribution is -2.30. The lowest BCUT2D eigenvalue weighted by Gasteiger charge is -2.20. The molecule has 5 N–H and O–H groups in total. The molecular formula is C28H38FN7O4. The summed E-state index contributed by atoms with van der Waals surface area (Å²) in [6, 6.07) is 15.1. The second-order valence-electron chi connectivity index (χ2n) is 9.24. The van der Waals surface area contributed by atoms with E-state index in [0.717, 1.165) is 5.56 Å². The van der Waals surface area contributed by atoms with Crippen LogP contribution in [0.1, 0.15) is 29.8 Å². The molecule has 1 heterocycles. The Morgan fingerprint density at radius 1 is 0.875 bits per heavy atom. The molecule has 12 heteroatoms. The van der Waals surface area contributed by atoms with Gasteiger partial charge < -0.3 is 35.8 Å². The minimum Gasteiger partial charge on any atom is -0.394 e. The largest absolute Gasteiger partial charge is 0.394 e. The quantitative estimate of drug-likeness (QED) is 0.149. The first-order chi connectivity index (χ1) is 19.4. The highest BCUT2D eigenvalue weighted by Gasteiger charge is 2.15. The number of anilines is 3. The maximum absolute atomic E-state index is 13.5. The van der Waals surface area contributed by atoms with E-state index < -0.39 is 0 Å². The van der Waals surface area contributed by atoms with Crippen molar-refractivity contribution in [3.05, 3.63) is 71.5 Å². The number of rotatable bonds is 18. The van der Waals surface area contributed by atoms with E-state index in [2.05, 4.69) is 36.2 Å². The molecule has 1 amide bonds. The van der Waals surface area contributed by atoms with Gasteiger partial charge in [0.25, 0.3) is 5.91 Å². The Kier molecular flexibility index (Phi) is 13.0. The first kappa shape index (κ1) is 30.7. The molecule has 3 aromatic rings. The van der Waals surface area contributed by atoms with E-state index in [-0.39, 0.29) is 30.3 Å². The molecule has 0 aliphatic carbocycles. The average Bonchev–Trinajstić information content (AvgIpc) is 2.96. The van der Waals surface area contributed by atoms with Gasteiger partial charge in [-0.3, -0.25) is 4.79 Å². The van der Waals surface area contributed by atoms with Gasteiger partial charge in [0.2, 0.25) is 17.8 Å². The smallest absolute Gasteiger partial charge is 0.251 e. The molecule has 0 bridgehead atoms. The average molecular weight is 556 g/mol. The predicted molar refractivity (Wildman–Crippen MR) is 152 cm³/mol. The van der Waals surface area contributed by atoms with Crippen LogP contribution in [0.3, 0.4) is 0 Å². The minimum absolute atomic E-state index is 0.0759.